The minimum atomic E-state index is 0.307. The second-order valence-corrected chi connectivity index (χ2v) is 6.55. The molecule has 17 heavy (non-hydrogen) atoms. The lowest BCUT2D eigenvalue weighted by Gasteiger charge is -2.22. The zero-order valence-corrected chi connectivity index (χ0v) is 11.9. The highest BCUT2D eigenvalue weighted by molar-refractivity contribution is 5.75. The fourth-order valence-corrected chi connectivity index (χ4v) is 2.32. The highest BCUT2D eigenvalue weighted by atomic mass is 16.2. The molecular weight excluding hydrogens is 212 g/mol. The maximum atomic E-state index is 11.9. The Balaban J connectivity index is 2.17. The SMILES string of the molecule is CN(CC1CCNC1)C(=O)CCCC(C)(C)C. The van der Waals surface area contributed by atoms with Gasteiger partial charge in [0.1, 0.15) is 0 Å². The quantitative estimate of drug-likeness (QED) is 0.799. The third-order valence-electron chi connectivity index (χ3n) is 3.44. The second-order valence-electron chi connectivity index (χ2n) is 6.55. The third-order valence-corrected chi connectivity index (χ3v) is 3.44. The molecule has 0 radical (unpaired) electrons. The molecule has 1 fully saturated rings. The van der Waals surface area contributed by atoms with Crippen LogP contribution in [0.3, 0.4) is 0 Å². The van der Waals surface area contributed by atoms with Crippen LogP contribution < -0.4 is 5.32 Å². The van der Waals surface area contributed by atoms with Crippen molar-refractivity contribution in [2.45, 2.75) is 46.5 Å². The molecule has 1 unspecified atom stereocenters. The van der Waals surface area contributed by atoms with E-state index >= 15 is 0 Å². The van der Waals surface area contributed by atoms with Gasteiger partial charge in [-0.1, -0.05) is 20.8 Å². The number of carbonyl (C=O) groups excluding carboxylic acids is 1. The van der Waals surface area contributed by atoms with Crippen molar-refractivity contribution >= 4 is 5.91 Å². The fourth-order valence-electron chi connectivity index (χ4n) is 2.32. The van der Waals surface area contributed by atoms with E-state index in [4.69, 9.17) is 0 Å². The van der Waals surface area contributed by atoms with Crippen LogP contribution in [0, 0.1) is 11.3 Å². The molecule has 1 heterocycles. The van der Waals surface area contributed by atoms with Gasteiger partial charge in [0.2, 0.25) is 5.91 Å². The van der Waals surface area contributed by atoms with Crippen molar-refractivity contribution in [3.8, 4) is 0 Å². The molecule has 0 aromatic heterocycles. The standard InChI is InChI=1S/C14H28N2O/c1-14(2,3)8-5-6-13(17)16(4)11-12-7-9-15-10-12/h12,15H,5-11H2,1-4H3. The molecule has 1 amide bonds. The molecule has 1 aliphatic rings. The molecule has 0 spiro atoms. The number of hydrogen-bond donors (Lipinski definition) is 1. The molecule has 1 rings (SSSR count). The molecular formula is C14H28N2O. The number of rotatable bonds is 5. The summed E-state index contributed by atoms with van der Waals surface area (Å²) in [5.74, 6) is 0.965. The smallest absolute Gasteiger partial charge is 0.222 e. The van der Waals surface area contributed by atoms with Gasteiger partial charge in [-0.3, -0.25) is 4.79 Å². The van der Waals surface area contributed by atoms with Gasteiger partial charge in [-0.25, -0.2) is 0 Å². The molecule has 100 valence electrons. The molecule has 1 aliphatic heterocycles. The van der Waals surface area contributed by atoms with Crippen molar-refractivity contribution in [2.75, 3.05) is 26.7 Å². The zero-order chi connectivity index (χ0) is 12.9. The first kappa shape index (κ1) is 14.5. The summed E-state index contributed by atoms with van der Waals surface area (Å²) < 4.78 is 0. The zero-order valence-electron chi connectivity index (χ0n) is 11.9. The second kappa shape index (κ2) is 6.39. The molecule has 1 N–H and O–H groups in total. The molecule has 0 aromatic rings. The average molecular weight is 240 g/mol. The van der Waals surface area contributed by atoms with Crippen LogP contribution in [0.1, 0.15) is 46.5 Å². The van der Waals surface area contributed by atoms with E-state index in [1.54, 1.807) is 0 Å². The van der Waals surface area contributed by atoms with Crippen LogP contribution in [0.15, 0.2) is 0 Å². The molecule has 0 bridgehead atoms. The van der Waals surface area contributed by atoms with E-state index in [2.05, 4.69) is 26.1 Å². The summed E-state index contributed by atoms with van der Waals surface area (Å²) in [6.45, 7) is 9.78. The number of amides is 1. The van der Waals surface area contributed by atoms with Crippen LogP contribution in [0.5, 0.6) is 0 Å². The van der Waals surface area contributed by atoms with Crippen LogP contribution in [0.4, 0.5) is 0 Å². The van der Waals surface area contributed by atoms with E-state index in [-0.39, 0.29) is 0 Å². The summed E-state index contributed by atoms with van der Waals surface area (Å²) in [5, 5.41) is 3.34. The molecule has 1 saturated heterocycles. The third kappa shape index (κ3) is 6.06. The largest absolute Gasteiger partial charge is 0.345 e. The maximum Gasteiger partial charge on any atom is 0.222 e. The Morgan fingerprint density at radius 1 is 1.41 bits per heavy atom. The van der Waals surface area contributed by atoms with Gasteiger partial charge in [-0.05, 0) is 43.7 Å². The lowest BCUT2D eigenvalue weighted by Crippen LogP contribution is -2.32. The van der Waals surface area contributed by atoms with Gasteiger partial charge in [0.15, 0.2) is 0 Å². The van der Waals surface area contributed by atoms with Crippen molar-refractivity contribution in [3.63, 3.8) is 0 Å². The first-order valence-electron chi connectivity index (χ1n) is 6.83. The Kier molecular flexibility index (Phi) is 5.44. The normalized spacial score (nSPS) is 20.6. The topological polar surface area (TPSA) is 32.3 Å². The Bertz CT molecular complexity index is 239. The average Bonchev–Trinajstić information content (AvgIpc) is 2.68. The summed E-state index contributed by atoms with van der Waals surface area (Å²) in [5.41, 5.74) is 0.341. The Morgan fingerprint density at radius 2 is 2.12 bits per heavy atom. The van der Waals surface area contributed by atoms with Crippen molar-refractivity contribution in [3.05, 3.63) is 0 Å². The molecule has 3 nitrogen and oxygen atoms in total. The molecule has 1 atom stereocenters. The number of carbonyl (C=O) groups is 1. The minimum Gasteiger partial charge on any atom is -0.345 e. The summed E-state index contributed by atoms with van der Waals surface area (Å²) in [7, 11) is 1.94. The van der Waals surface area contributed by atoms with Crippen LogP contribution in [0.2, 0.25) is 0 Å². The highest BCUT2D eigenvalue weighted by Crippen LogP contribution is 2.21. The van der Waals surface area contributed by atoms with Crippen LogP contribution >= 0.6 is 0 Å². The molecule has 0 saturated carbocycles. The van der Waals surface area contributed by atoms with Gasteiger partial charge in [-0.15, -0.1) is 0 Å². The minimum absolute atomic E-state index is 0.307. The van der Waals surface area contributed by atoms with Gasteiger partial charge < -0.3 is 10.2 Å². The van der Waals surface area contributed by atoms with Gasteiger partial charge in [0.25, 0.3) is 0 Å². The van der Waals surface area contributed by atoms with E-state index in [0.29, 0.717) is 23.7 Å². The van der Waals surface area contributed by atoms with Crippen molar-refractivity contribution in [1.29, 1.82) is 0 Å². The fraction of sp³-hybridized carbons (Fsp3) is 0.929. The van der Waals surface area contributed by atoms with Gasteiger partial charge >= 0.3 is 0 Å². The van der Waals surface area contributed by atoms with E-state index < -0.39 is 0 Å². The van der Waals surface area contributed by atoms with Crippen LogP contribution in [-0.4, -0.2) is 37.5 Å². The Labute approximate surface area is 106 Å². The summed E-state index contributed by atoms with van der Waals surface area (Å²) in [6, 6.07) is 0. The summed E-state index contributed by atoms with van der Waals surface area (Å²) >= 11 is 0. The molecule has 0 aromatic carbocycles. The molecule has 3 heteroatoms. The highest BCUT2D eigenvalue weighted by Gasteiger charge is 2.19. The number of nitrogens with one attached hydrogen (secondary N) is 1. The Morgan fingerprint density at radius 3 is 2.65 bits per heavy atom. The lowest BCUT2D eigenvalue weighted by atomic mass is 9.90. The summed E-state index contributed by atoms with van der Waals surface area (Å²) in [4.78, 5) is 13.8. The number of hydrogen-bond acceptors (Lipinski definition) is 2. The molecule has 0 aliphatic carbocycles. The predicted octanol–water partition coefficient (Wildman–Crippen LogP) is 2.27. The van der Waals surface area contributed by atoms with E-state index in [9.17, 15) is 4.79 Å². The van der Waals surface area contributed by atoms with Crippen molar-refractivity contribution in [1.82, 2.24) is 10.2 Å². The van der Waals surface area contributed by atoms with Gasteiger partial charge in [0.05, 0.1) is 0 Å². The monoisotopic (exact) mass is 240 g/mol. The van der Waals surface area contributed by atoms with E-state index in [0.717, 1.165) is 32.5 Å². The lowest BCUT2D eigenvalue weighted by molar-refractivity contribution is -0.130. The van der Waals surface area contributed by atoms with Crippen LogP contribution in [-0.2, 0) is 4.79 Å². The maximum absolute atomic E-state index is 11.9. The van der Waals surface area contributed by atoms with Crippen molar-refractivity contribution in [2.24, 2.45) is 11.3 Å². The van der Waals surface area contributed by atoms with Gasteiger partial charge in [0, 0.05) is 20.0 Å². The summed E-state index contributed by atoms with van der Waals surface area (Å²) in [6.07, 6.45) is 4.04. The number of nitrogens with zero attached hydrogens (tertiary/aromatic N) is 1. The Hall–Kier alpha value is -0.570. The van der Waals surface area contributed by atoms with Crippen LogP contribution in [0.25, 0.3) is 0 Å². The van der Waals surface area contributed by atoms with E-state index in [1.807, 2.05) is 11.9 Å². The van der Waals surface area contributed by atoms with Crippen molar-refractivity contribution < 1.29 is 4.79 Å². The van der Waals surface area contributed by atoms with Gasteiger partial charge in [-0.2, -0.15) is 0 Å². The van der Waals surface area contributed by atoms with E-state index in [1.165, 1.54) is 6.42 Å². The first-order valence-corrected chi connectivity index (χ1v) is 6.83. The first-order chi connectivity index (χ1) is 7.88. The predicted molar refractivity (Wildman–Crippen MR) is 71.9 cm³/mol.